The average molecular weight is 298 g/mol. The quantitative estimate of drug-likeness (QED) is 0.776. The maximum absolute atomic E-state index is 11.6. The molecular formula is C16H14N2O2S. The first kappa shape index (κ1) is 13.5. The highest BCUT2D eigenvalue weighted by Gasteiger charge is 2.06. The van der Waals surface area contributed by atoms with Crippen LogP contribution in [0.15, 0.2) is 64.8 Å². The molecule has 0 saturated carbocycles. The van der Waals surface area contributed by atoms with Gasteiger partial charge in [-0.25, -0.2) is 0 Å². The number of hydrogen-bond donors (Lipinski definition) is 2. The number of thiazole rings is 1. The van der Waals surface area contributed by atoms with Gasteiger partial charge in [0.15, 0.2) is 0 Å². The molecule has 0 bridgehead atoms. The summed E-state index contributed by atoms with van der Waals surface area (Å²) < 4.78 is 1.35. The van der Waals surface area contributed by atoms with Crippen molar-refractivity contribution in [3.63, 3.8) is 0 Å². The second-order valence-electron chi connectivity index (χ2n) is 4.64. The van der Waals surface area contributed by atoms with Crippen molar-refractivity contribution in [3.8, 4) is 5.88 Å². The fourth-order valence-corrected chi connectivity index (χ4v) is 2.71. The van der Waals surface area contributed by atoms with Gasteiger partial charge in [0.05, 0.1) is 11.9 Å². The topological polar surface area (TPSA) is 54.3 Å². The lowest BCUT2D eigenvalue weighted by atomic mass is 10.2. The van der Waals surface area contributed by atoms with Crippen LogP contribution < -0.4 is 10.2 Å². The molecule has 1 heterocycles. The minimum atomic E-state index is -0.158. The molecule has 0 radical (unpaired) electrons. The smallest absolute Gasteiger partial charge is 0.310 e. The molecule has 0 aliphatic heterocycles. The maximum Gasteiger partial charge on any atom is 0.310 e. The molecule has 0 amide bonds. The van der Waals surface area contributed by atoms with Gasteiger partial charge < -0.3 is 10.4 Å². The zero-order valence-electron chi connectivity index (χ0n) is 11.2. The van der Waals surface area contributed by atoms with Gasteiger partial charge in [-0.1, -0.05) is 41.7 Å². The number of anilines is 2. The second kappa shape index (κ2) is 5.85. The predicted molar refractivity (Wildman–Crippen MR) is 85.5 cm³/mol. The Kier molecular flexibility index (Phi) is 3.75. The number of benzene rings is 2. The van der Waals surface area contributed by atoms with E-state index in [0.29, 0.717) is 6.54 Å². The van der Waals surface area contributed by atoms with Gasteiger partial charge in [-0.2, -0.15) is 0 Å². The third-order valence-electron chi connectivity index (χ3n) is 3.09. The largest absolute Gasteiger partial charge is 0.494 e. The van der Waals surface area contributed by atoms with Crippen LogP contribution in [0.25, 0.3) is 0 Å². The Labute approximate surface area is 125 Å². The first-order chi connectivity index (χ1) is 10.2. The Morgan fingerprint density at radius 3 is 2.52 bits per heavy atom. The molecule has 5 heteroatoms. The van der Waals surface area contributed by atoms with Crippen LogP contribution in [0.5, 0.6) is 5.88 Å². The molecule has 0 unspecified atom stereocenters. The van der Waals surface area contributed by atoms with Gasteiger partial charge in [-0.05, 0) is 29.8 Å². The van der Waals surface area contributed by atoms with Crippen molar-refractivity contribution in [1.82, 2.24) is 4.57 Å². The molecule has 0 aliphatic rings. The molecule has 2 aromatic carbocycles. The summed E-state index contributed by atoms with van der Waals surface area (Å²) in [5, 5.41) is 14.4. The minimum Gasteiger partial charge on any atom is -0.494 e. The molecule has 1 aromatic heterocycles. The molecule has 0 atom stereocenters. The Balaban J connectivity index is 1.82. The van der Waals surface area contributed by atoms with Gasteiger partial charge >= 0.3 is 4.87 Å². The number of rotatable bonds is 4. The van der Waals surface area contributed by atoms with Gasteiger partial charge in [-0.3, -0.25) is 9.36 Å². The van der Waals surface area contributed by atoms with Crippen molar-refractivity contribution < 1.29 is 5.11 Å². The van der Waals surface area contributed by atoms with E-state index < -0.39 is 0 Å². The number of nitrogens with one attached hydrogen (secondary N) is 1. The van der Waals surface area contributed by atoms with Crippen LogP contribution in [-0.2, 0) is 6.54 Å². The molecule has 0 aliphatic carbocycles. The van der Waals surface area contributed by atoms with Crippen LogP contribution in [0.2, 0.25) is 0 Å². The Morgan fingerprint density at radius 2 is 1.81 bits per heavy atom. The van der Waals surface area contributed by atoms with Crippen LogP contribution in [0.1, 0.15) is 5.56 Å². The minimum absolute atomic E-state index is 0.00595. The summed E-state index contributed by atoms with van der Waals surface area (Å²) in [6.45, 7) is 0.360. The van der Waals surface area contributed by atoms with E-state index in [-0.39, 0.29) is 10.8 Å². The van der Waals surface area contributed by atoms with Crippen LogP contribution >= 0.6 is 11.3 Å². The highest BCUT2D eigenvalue weighted by Crippen LogP contribution is 2.19. The molecule has 106 valence electrons. The van der Waals surface area contributed by atoms with Gasteiger partial charge in [-0.15, -0.1) is 0 Å². The number of hydrogen-bond acceptors (Lipinski definition) is 4. The summed E-state index contributed by atoms with van der Waals surface area (Å²) in [6, 6.07) is 17.7. The first-order valence-corrected chi connectivity index (χ1v) is 7.38. The molecule has 2 N–H and O–H groups in total. The summed E-state index contributed by atoms with van der Waals surface area (Å²) in [7, 11) is 0. The van der Waals surface area contributed by atoms with Crippen LogP contribution in [0.4, 0.5) is 11.4 Å². The molecule has 3 aromatic rings. The first-order valence-electron chi connectivity index (χ1n) is 6.51. The van der Waals surface area contributed by atoms with E-state index in [9.17, 15) is 9.90 Å². The van der Waals surface area contributed by atoms with Crippen molar-refractivity contribution in [1.29, 1.82) is 0 Å². The highest BCUT2D eigenvalue weighted by molar-refractivity contribution is 7.07. The van der Waals surface area contributed by atoms with Crippen LogP contribution in [0.3, 0.4) is 0 Å². The molecule has 0 spiro atoms. The van der Waals surface area contributed by atoms with Crippen molar-refractivity contribution in [2.75, 3.05) is 5.32 Å². The van der Waals surface area contributed by atoms with Gasteiger partial charge in [0.2, 0.25) is 5.88 Å². The van der Waals surface area contributed by atoms with E-state index >= 15 is 0 Å². The molecule has 0 fully saturated rings. The summed E-state index contributed by atoms with van der Waals surface area (Å²) in [4.78, 5) is 11.5. The third-order valence-corrected chi connectivity index (χ3v) is 3.84. The lowest BCUT2D eigenvalue weighted by Gasteiger charge is -2.09. The van der Waals surface area contributed by atoms with Gasteiger partial charge in [0.25, 0.3) is 0 Å². The third kappa shape index (κ3) is 3.14. The lowest BCUT2D eigenvalue weighted by Crippen LogP contribution is -2.13. The molecule has 4 nitrogen and oxygen atoms in total. The summed E-state index contributed by atoms with van der Waals surface area (Å²) in [5.41, 5.74) is 2.90. The zero-order valence-corrected chi connectivity index (χ0v) is 12.0. The number of nitrogens with zero attached hydrogens (tertiary/aromatic N) is 1. The van der Waals surface area contributed by atoms with Crippen molar-refractivity contribution in [2.24, 2.45) is 0 Å². The normalized spacial score (nSPS) is 10.5. The van der Waals surface area contributed by atoms with E-state index in [0.717, 1.165) is 28.3 Å². The van der Waals surface area contributed by atoms with Crippen LogP contribution in [-0.4, -0.2) is 9.67 Å². The van der Waals surface area contributed by atoms with Crippen LogP contribution in [0, 0.1) is 0 Å². The van der Waals surface area contributed by atoms with E-state index in [1.165, 1.54) is 9.95 Å². The standard InChI is InChI=1S/C16H14N2O2S/c19-15-11-21-16(20)18(15)10-12-5-4-8-14(9-12)17-13-6-2-1-3-7-13/h1-9,11,17,19H,10H2. The second-order valence-corrected chi connectivity index (χ2v) is 5.46. The summed E-state index contributed by atoms with van der Waals surface area (Å²) >= 11 is 0.999. The lowest BCUT2D eigenvalue weighted by molar-refractivity contribution is 0.421. The SMILES string of the molecule is O=c1scc(O)n1Cc1cccc(Nc2ccccc2)c1. The monoisotopic (exact) mass is 298 g/mol. The van der Waals surface area contributed by atoms with Crippen molar-refractivity contribution in [2.45, 2.75) is 6.54 Å². The van der Waals surface area contributed by atoms with Gasteiger partial charge in [0.1, 0.15) is 0 Å². The molecule has 21 heavy (non-hydrogen) atoms. The number of aromatic hydroxyl groups is 1. The number of para-hydroxylation sites is 1. The highest BCUT2D eigenvalue weighted by atomic mass is 32.1. The Bertz CT molecular complexity index is 793. The van der Waals surface area contributed by atoms with Gasteiger partial charge in [0, 0.05) is 11.4 Å². The molecule has 3 rings (SSSR count). The molecule has 0 saturated heterocycles. The zero-order chi connectivity index (χ0) is 14.7. The fourth-order valence-electron chi connectivity index (χ4n) is 2.09. The van der Waals surface area contributed by atoms with Crippen molar-refractivity contribution >= 4 is 22.7 Å². The molecular weight excluding hydrogens is 284 g/mol. The Morgan fingerprint density at radius 1 is 1.05 bits per heavy atom. The van der Waals surface area contributed by atoms with E-state index in [1.807, 2.05) is 54.6 Å². The number of aromatic nitrogens is 1. The summed E-state index contributed by atoms with van der Waals surface area (Å²) in [5.74, 6) is 0.00595. The average Bonchev–Trinajstić information content (AvgIpc) is 2.81. The van der Waals surface area contributed by atoms with E-state index in [2.05, 4.69) is 5.32 Å². The predicted octanol–water partition coefficient (Wildman–Crippen LogP) is 3.41. The fraction of sp³-hybridized carbons (Fsp3) is 0.0625. The Hall–Kier alpha value is -2.53. The van der Waals surface area contributed by atoms with Crippen molar-refractivity contribution in [3.05, 3.63) is 75.2 Å². The van der Waals surface area contributed by atoms with E-state index in [1.54, 1.807) is 0 Å². The summed E-state index contributed by atoms with van der Waals surface area (Å²) in [6.07, 6.45) is 0. The van der Waals surface area contributed by atoms with E-state index in [4.69, 9.17) is 0 Å². The maximum atomic E-state index is 11.6.